The number of carbonyl (C=O) groups is 3. The van der Waals surface area contributed by atoms with Gasteiger partial charge in [0.1, 0.15) is 98.7 Å². The largest absolute Gasteiger partial charge is 0.472 e. The summed E-state index contributed by atoms with van der Waals surface area (Å²) in [4.78, 5) is 51.1. The van der Waals surface area contributed by atoms with Crippen LogP contribution in [0.1, 0.15) is 323 Å². The normalized spacial score (nSPS) is 27.2. The lowest BCUT2D eigenvalue weighted by atomic mass is 9.84. The molecule has 594 valence electrons. The average Bonchev–Trinajstić information content (AvgIpc) is 0.762. The van der Waals surface area contributed by atoms with E-state index in [0.29, 0.717) is 19.3 Å². The number of phosphoric ester groups is 1. The summed E-state index contributed by atoms with van der Waals surface area (Å²) in [5, 5.41) is 110. The molecule has 24 nitrogen and oxygen atoms in total. The molecule has 3 rings (SSSR count). The monoisotopic (exact) mass is 1470 g/mol. The molecule has 101 heavy (non-hydrogen) atoms. The van der Waals surface area contributed by atoms with Crippen LogP contribution >= 0.6 is 7.82 Å². The van der Waals surface area contributed by atoms with Crippen LogP contribution < -0.4 is 0 Å². The Morgan fingerprint density at radius 2 is 0.693 bits per heavy atom. The van der Waals surface area contributed by atoms with Crippen LogP contribution in [-0.4, -0.2) is 204 Å². The Labute approximate surface area is 605 Å². The summed E-state index contributed by atoms with van der Waals surface area (Å²) in [6.07, 6.45) is 18.3. The lowest BCUT2D eigenvalue weighted by molar-refractivity contribution is -0.360. The van der Waals surface area contributed by atoms with Crippen molar-refractivity contribution in [2.45, 2.75) is 427 Å². The SMILES string of the molecule is CCCCCCCCC/C=C\CCCCCC(=O)OCC1OC(OC2C(O)C(O)C(O)C(OC3OC(CO)C(O)C(O)C3O)C2OP(=O)(O)OCC(COC(=O)CCCCCCCCCCCCCCCCCCC)OC(=O)CCCCCCCCCCCCCCCCC)C(O)C(O)C1O. The first kappa shape index (κ1) is 92.9. The third kappa shape index (κ3) is 40.5. The van der Waals surface area contributed by atoms with E-state index in [1.807, 2.05) is 0 Å². The van der Waals surface area contributed by atoms with Gasteiger partial charge in [-0.25, -0.2) is 4.57 Å². The maximum atomic E-state index is 14.4. The zero-order valence-electron chi connectivity index (χ0n) is 62.2. The second-order valence-corrected chi connectivity index (χ2v) is 30.2. The second kappa shape index (κ2) is 57.8. The number of phosphoric acid groups is 1. The van der Waals surface area contributed by atoms with Crippen molar-refractivity contribution >= 4 is 25.7 Å². The fourth-order valence-corrected chi connectivity index (χ4v) is 14.2. The molecule has 0 radical (unpaired) electrons. The van der Waals surface area contributed by atoms with Crippen molar-refractivity contribution in [2.24, 2.45) is 0 Å². The molecule has 0 bridgehead atoms. The summed E-state index contributed by atoms with van der Waals surface area (Å²) in [7, 11) is -5.70. The highest BCUT2D eigenvalue weighted by atomic mass is 31.2. The van der Waals surface area contributed by atoms with Crippen LogP contribution in [0.5, 0.6) is 0 Å². The maximum absolute atomic E-state index is 14.4. The quantitative estimate of drug-likeness (QED) is 0.00886. The molecule has 1 saturated carbocycles. The summed E-state index contributed by atoms with van der Waals surface area (Å²) in [6, 6.07) is 0. The van der Waals surface area contributed by atoms with E-state index >= 15 is 0 Å². The van der Waals surface area contributed by atoms with Gasteiger partial charge in [-0.2, -0.15) is 0 Å². The molecular weight excluding hydrogens is 1330 g/mol. The highest BCUT2D eigenvalue weighted by Gasteiger charge is 2.58. The van der Waals surface area contributed by atoms with Crippen LogP contribution in [0.25, 0.3) is 0 Å². The van der Waals surface area contributed by atoms with Gasteiger partial charge in [-0.3, -0.25) is 23.4 Å². The highest BCUT2D eigenvalue weighted by Crippen LogP contribution is 2.49. The van der Waals surface area contributed by atoms with Gasteiger partial charge in [0.25, 0.3) is 0 Å². The van der Waals surface area contributed by atoms with Gasteiger partial charge in [0.15, 0.2) is 18.7 Å². The molecule has 0 aromatic carbocycles. The smallest absolute Gasteiger partial charge is 0.463 e. The van der Waals surface area contributed by atoms with E-state index in [4.69, 9.17) is 42.2 Å². The zero-order chi connectivity index (χ0) is 73.9. The number of aliphatic hydroxyl groups is 10. The number of unbranched alkanes of at least 4 members (excludes halogenated alkanes) is 40. The molecule has 2 heterocycles. The lowest BCUT2D eigenvalue weighted by Crippen LogP contribution is -2.69. The van der Waals surface area contributed by atoms with Gasteiger partial charge in [0.05, 0.1) is 13.2 Å². The molecule has 0 aromatic heterocycles. The van der Waals surface area contributed by atoms with Crippen molar-refractivity contribution in [3.63, 3.8) is 0 Å². The van der Waals surface area contributed by atoms with Crippen LogP contribution in [0.15, 0.2) is 12.2 Å². The van der Waals surface area contributed by atoms with Crippen molar-refractivity contribution in [1.29, 1.82) is 0 Å². The zero-order valence-corrected chi connectivity index (χ0v) is 63.1. The standard InChI is InChI=1S/C76H141O24P/c1-4-7-10-13-16-19-22-25-28-29-31-33-36-38-41-44-47-50-60(78)92-54-57(95-62(80)52-49-46-43-40-37-34-30-26-23-20-17-14-11-8-5-2)55-94-101(90,91)100-74-72(98-75-70(88)65(83)63(81)58(53-77)96-75)68(86)67(85)69(87)73(74)99-76-71(89)66(84)64(82)59(97-76)56-93-61(79)51-48-45-42-39-35-32-27-24-21-18-15-12-9-6-3/h32,35,57-59,63-77,81-89H,4-31,33-34,36-56H2,1-3H3,(H,90,91)/b35-32-. The van der Waals surface area contributed by atoms with Crippen LogP contribution in [0.4, 0.5) is 0 Å². The van der Waals surface area contributed by atoms with E-state index in [2.05, 4.69) is 32.9 Å². The lowest BCUT2D eigenvalue weighted by Gasteiger charge is -2.49. The number of esters is 3. The Balaban J connectivity index is 1.71. The second-order valence-electron chi connectivity index (χ2n) is 28.8. The van der Waals surface area contributed by atoms with E-state index in [0.717, 1.165) is 89.9 Å². The molecule has 25 heteroatoms. The minimum atomic E-state index is -5.70. The third-order valence-electron chi connectivity index (χ3n) is 19.8. The molecule has 2 saturated heterocycles. The molecule has 0 spiro atoms. The Morgan fingerprint density at radius 1 is 0.376 bits per heavy atom. The van der Waals surface area contributed by atoms with Gasteiger partial charge < -0.3 is 89.1 Å². The van der Waals surface area contributed by atoms with Gasteiger partial charge in [-0.1, -0.05) is 270 Å². The van der Waals surface area contributed by atoms with E-state index < -0.39 is 156 Å². The minimum Gasteiger partial charge on any atom is -0.463 e. The fourth-order valence-electron chi connectivity index (χ4n) is 13.3. The Hall–Kier alpha value is -2.30. The number of aliphatic hydroxyl groups excluding tert-OH is 10. The van der Waals surface area contributed by atoms with Crippen molar-refractivity contribution in [2.75, 3.05) is 26.4 Å². The molecule has 18 atom stereocenters. The summed E-state index contributed by atoms with van der Waals surface area (Å²) in [6.45, 7) is 3.48. The first-order valence-electron chi connectivity index (χ1n) is 40.0. The number of allylic oxidation sites excluding steroid dienone is 2. The van der Waals surface area contributed by atoms with Crippen molar-refractivity contribution in [1.82, 2.24) is 0 Å². The van der Waals surface area contributed by atoms with Crippen molar-refractivity contribution in [3.05, 3.63) is 12.2 Å². The third-order valence-corrected chi connectivity index (χ3v) is 20.8. The van der Waals surface area contributed by atoms with E-state index in [1.54, 1.807) is 0 Å². The molecule has 3 fully saturated rings. The summed E-state index contributed by atoms with van der Waals surface area (Å²) in [5.41, 5.74) is 0. The number of ether oxygens (including phenoxy) is 7. The molecule has 1 aliphatic carbocycles. The Bertz CT molecular complexity index is 2130. The first-order valence-corrected chi connectivity index (χ1v) is 41.5. The Kier molecular flexibility index (Phi) is 53.2. The average molecular weight is 1470 g/mol. The summed E-state index contributed by atoms with van der Waals surface area (Å²) < 4.78 is 65.1. The number of hydrogen-bond acceptors (Lipinski definition) is 23. The van der Waals surface area contributed by atoms with E-state index in [9.17, 15) is 74.9 Å². The van der Waals surface area contributed by atoms with Gasteiger partial charge in [-0.15, -0.1) is 0 Å². The van der Waals surface area contributed by atoms with Crippen LogP contribution in [-0.2, 0) is 61.2 Å². The maximum Gasteiger partial charge on any atom is 0.472 e. The molecule has 11 N–H and O–H groups in total. The van der Waals surface area contributed by atoms with Crippen LogP contribution in [0.3, 0.4) is 0 Å². The van der Waals surface area contributed by atoms with Gasteiger partial charge >= 0.3 is 25.7 Å². The van der Waals surface area contributed by atoms with E-state index in [-0.39, 0.29) is 19.3 Å². The number of hydrogen-bond donors (Lipinski definition) is 11. The molecule has 0 amide bonds. The summed E-state index contributed by atoms with van der Waals surface area (Å²) in [5.74, 6) is -1.99. The summed E-state index contributed by atoms with van der Waals surface area (Å²) >= 11 is 0. The van der Waals surface area contributed by atoms with Crippen molar-refractivity contribution in [3.8, 4) is 0 Å². The molecular formula is C76H141O24P. The van der Waals surface area contributed by atoms with Crippen LogP contribution in [0.2, 0.25) is 0 Å². The number of rotatable bonds is 63. The molecule has 0 aromatic rings. The molecule has 18 unspecified atom stereocenters. The fraction of sp³-hybridized carbons (Fsp3) is 0.934. The molecule has 3 aliphatic rings. The van der Waals surface area contributed by atoms with Gasteiger partial charge in [0.2, 0.25) is 0 Å². The van der Waals surface area contributed by atoms with Gasteiger partial charge in [0, 0.05) is 19.3 Å². The predicted octanol–water partition coefficient (Wildman–Crippen LogP) is 11.9. The van der Waals surface area contributed by atoms with Crippen LogP contribution in [0, 0.1) is 0 Å². The first-order chi connectivity index (χ1) is 48.8. The Morgan fingerprint density at radius 3 is 1.08 bits per heavy atom. The minimum absolute atomic E-state index is 0.00973. The highest BCUT2D eigenvalue weighted by molar-refractivity contribution is 7.47. The van der Waals surface area contributed by atoms with Crippen molar-refractivity contribution < 1.29 is 117 Å². The van der Waals surface area contributed by atoms with E-state index in [1.165, 1.54) is 173 Å². The van der Waals surface area contributed by atoms with Gasteiger partial charge in [-0.05, 0) is 44.9 Å². The topological polar surface area (TPSA) is 374 Å². The molecule has 2 aliphatic heterocycles. The predicted molar refractivity (Wildman–Crippen MR) is 384 cm³/mol. The number of carbonyl (C=O) groups excluding carboxylic acids is 3.